The number of hydrogen-bond donors (Lipinski definition) is 1. The van der Waals surface area contributed by atoms with Crippen LogP contribution >= 0.6 is 11.8 Å². The van der Waals surface area contributed by atoms with E-state index < -0.39 is 5.97 Å². The molecule has 0 fully saturated rings. The Balaban J connectivity index is 1.85. The van der Waals surface area contributed by atoms with Gasteiger partial charge in [-0.2, -0.15) is 5.10 Å². The Morgan fingerprint density at radius 1 is 1.05 bits per heavy atom. The van der Waals surface area contributed by atoms with E-state index >= 15 is 0 Å². The fourth-order valence-corrected chi connectivity index (χ4v) is 2.69. The summed E-state index contributed by atoms with van der Waals surface area (Å²) in [4.78, 5) is 12.1. The normalized spacial score (nSPS) is 10.5. The second-order valence-electron chi connectivity index (χ2n) is 4.37. The minimum atomic E-state index is -0.942. The Bertz CT molecular complexity index is 769. The standard InChI is InChI=1S/C16H12N2O2S/c19-16(20)12-5-4-6-13(11-12)18-10-9-15(17-18)21-14-7-2-1-3-8-14/h1-11H,(H,19,20). The van der Waals surface area contributed by atoms with E-state index in [0.29, 0.717) is 0 Å². The quantitative estimate of drug-likeness (QED) is 0.797. The highest BCUT2D eigenvalue weighted by Gasteiger charge is 2.06. The number of carboxylic acid groups (broad SMARTS) is 1. The molecule has 2 aromatic carbocycles. The fraction of sp³-hybridized carbons (Fsp3) is 0. The van der Waals surface area contributed by atoms with Gasteiger partial charge in [-0.25, -0.2) is 9.48 Å². The fourth-order valence-electron chi connectivity index (χ4n) is 1.90. The molecule has 0 amide bonds. The monoisotopic (exact) mass is 296 g/mol. The molecule has 3 rings (SSSR count). The van der Waals surface area contributed by atoms with Crippen molar-refractivity contribution in [1.82, 2.24) is 9.78 Å². The summed E-state index contributed by atoms with van der Waals surface area (Å²) in [5.41, 5.74) is 0.982. The van der Waals surface area contributed by atoms with Gasteiger partial charge in [0, 0.05) is 11.1 Å². The molecule has 0 atom stereocenters. The third kappa shape index (κ3) is 3.14. The van der Waals surface area contributed by atoms with Crippen molar-refractivity contribution in [3.05, 3.63) is 72.4 Å². The first-order chi connectivity index (χ1) is 10.2. The van der Waals surface area contributed by atoms with Gasteiger partial charge < -0.3 is 5.11 Å². The van der Waals surface area contributed by atoms with Gasteiger partial charge in [-0.1, -0.05) is 36.0 Å². The van der Waals surface area contributed by atoms with E-state index in [2.05, 4.69) is 5.10 Å². The molecule has 0 radical (unpaired) electrons. The number of hydrogen-bond acceptors (Lipinski definition) is 3. The molecule has 21 heavy (non-hydrogen) atoms. The van der Waals surface area contributed by atoms with Gasteiger partial charge in [-0.05, 0) is 36.4 Å². The molecule has 5 heteroatoms. The van der Waals surface area contributed by atoms with Gasteiger partial charge in [0.25, 0.3) is 0 Å². The lowest BCUT2D eigenvalue weighted by Gasteiger charge is -2.02. The Hall–Kier alpha value is -2.53. The molecule has 0 unspecified atom stereocenters. The van der Waals surface area contributed by atoms with Crippen LogP contribution < -0.4 is 0 Å². The lowest BCUT2D eigenvalue weighted by molar-refractivity contribution is 0.0697. The molecule has 0 aliphatic heterocycles. The van der Waals surface area contributed by atoms with Crippen LogP contribution in [-0.4, -0.2) is 20.9 Å². The van der Waals surface area contributed by atoms with E-state index in [1.165, 1.54) is 0 Å². The minimum Gasteiger partial charge on any atom is -0.478 e. The van der Waals surface area contributed by atoms with Crippen molar-refractivity contribution in [3.63, 3.8) is 0 Å². The molecule has 0 aliphatic carbocycles. The predicted octanol–water partition coefficient (Wildman–Crippen LogP) is 3.72. The summed E-state index contributed by atoms with van der Waals surface area (Å²) in [6.45, 7) is 0. The number of aromatic nitrogens is 2. The van der Waals surface area contributed by atoms with Gasteiger partial charge in [0.2, 0.25) is 0 Å². The Kier molecular flexibility index (Phi) is 3.75. The molecule has 0 spiro atoms. The van der Waals surface area contributed by atoms with E-state index in [4.69, 9.17) is 5.11 Å². The average molecular weight is 296 g/mol. The van der Waals surface area contributed by atoms with E-state index in [0.717, 1.165) is 15.6 Å². The van der Waals surface area contributed by atoms with Gasteiger partial charge in [0.15, 0.2) is 0 Å². The summed E-state index contributed by atoms with van der Waals surface area (Å²) in [6, 6.07) is 18.6. The van der Waals surface area contributed by atoms with Crippen LogP contribution in [0.2, 0.25) is 0 Å². The molecule has 4 nitrogen and oxygen atoms in total. The molecule has 1 heterocycles. The van der Waals surface area contributed by atoms with Crippen molar-refractivity contribution in [3.8, 4) is 5.69 Å². The third-order valence-electron chi connectivity index (χ3n) is 2.89. The van der Waals surface area contributed by atoms with Gasteiger partial charge in [-0.3, -0.25) is 0 Å². The van der Waals surface area contributed by atoms with Crippen LogP contribution in [0.15, 0.2) is 76.8 Å². The largest absolute Gasteiger partial charge is 0.478 e. The molecule has 1 N–H and O–H groups in total. The average Bonchev–Trinajstić information content (AvgIpc) is 2.97. The Morgan fingerprint density at radius 3 is 2.62 bits per heavy atom. The molecule has 104 valence electrons. The summed E-state index contributed by atoms with van der Waals surface area (Å²) in [7, 11) is 0. The molecular weight excluding hydrogens is 284 g/mol. The van der Waals surface area contributed by atoms with Crippen LogP contribution in [-0.2, 0) is 0 Å². The topological polar surface area (TPSA) is 55.1 Å². The number of benzene rings is 2. The van der Waals surface area contributed by atoms with E-state index in [-0.39, 0.29) is 5.56 Å². The van der Waals surface area contributed by atoms with Crippen molar-refractivity contribution < 1.29 is 9.90 Å². The van der Waals surface area contributed by atoms with E-state index in [9.17, 15) is 4.79 Å². The zero-order chi connectivity index (χ0) is 14.7. The third-order valence-corrected chi connectivity index (χ3v) is 3.82. The number of rotatable bonds is 4. The lowest BCUT2D eigenvalue weighted by atomic mass is 10.2. The van der Waals surface area contributed by atoms with Crippen LogP contribution in [0.5, 0.6) is 0 Å². The second-order valence-corrected chi connectivity index (χ2v) is 5.46. The predicted molar refractivity (Wildman–Crippen MR) is 81.1 cm³/mol. The van der Waals surface area contributed by atoms with Crippen molar-refractivity contribution in [2.24, 2.45) is 0 Å². The van der Waals surface area contributed by atoms with Crippen molar-refractivity contribution in [1.29, 1.82) is 0 Å². The van der Waals surface area contributed by atoms with Crippen molar-refractivity contribution in [2.45, 2.75) is 9.92 Å². The Labute approximate surface area is 126 Å². The molecule has 0 bridgehead atoms. The Morgan fingerprint density at radius 2 is 1.86 bits per heavy atom. The van der Waals surface area contributed by atoms with E-state index in [1.54, 1.807) is 34.6 Å². The molecule has 0 saturated heterocycles. The number of carbonyl (C=O) groups is 1. The van der Waals surface area contributed by atoms with Crippen LogP contribution in [0.3, 0.4) is 0 Å². The molecule has 3 aromatic rings. The first kappa shape index (κ1) is 13.5. The summed E-state index contributed by atoms with van der Waals surface area (Å²) >= 11 is 1.57. The smallest absolute Gasteiger partial charge is 0.335 e. The van der Waals surface area contributed by atoms with Crippen LogP contribution in [0, 0.1) is 0 Å². The summed E-state index contributed by atoms with van der Waals surface area (Å²) in [5, 5.41) is 14.3. The lowest BCUT2D eigenvalue weighted by Crippen LogP contribution is -2.00. The first-order valence-electron chi connectivity index (χ1n) is 6.35. The summed E-state index contributed by atoms with van der Waals surface area (Å²) in [5.74, 6) is -0.942. The molecular formula is C16H12N2O2S. The maximum Gasteiger partial charge on any atom is 0.335 e. The van der Waals surface area contributed by atoms with Crippen LogP contribution in [0.1, 0.15) is 10.4 Å². The highest BCUT2D eigenvalue weighted by molar-refractivity contribution is 7.99. The van der Waals surface area contributed by atoms with Crippen molar-refractivity contribution in [2.75, 3.05) is 0 Å². The number of carboxylic acids is 1. The number of aromatic carboxylic acids is 1. The summed E-state index contributed by atoms with van der Waals surface area (Å²) in [6.07, 6.45) is 1.83. The molecule has 1 aromatic heterocycles. The summed E-state index contributed by atoms with van der Waals surface area (Å²) < 4.78 is 1.68. The zero-order valence-electron chi connectivity index (χ0n) is 11.0. The maximum atomic E-state index is 11.0. The molecule has 0 aliphatic rings. The molecule has 0 saturated carbocycles. The van der Waals surface area contributed by atoms with Gasteiger partial charge in [0.05, 0.1) is 11.3 Å². The highest BCUT2D eigenvalue weighted by Crippen LogP contribution is 2.26. The van der Waals surface area contributed by atoms with Crippen LogP contribution in [0.25, 0.3) is 5.69 Å². The van der Waals surface area contributed by atoms with Gasteiger partial charge in [-0.15, -0.1) is 0 Å². The zero-order valence-corrected chi connectivity index (χ0v) is 11.8. The van der Waals surface area contributed by atoms with Gasteiger partial charge in [0.1, 0.15) is 5.03 Å². The van der Waals surface area contributed by atoms with Crippen molar-refractivity contribution >= 4 is 17.7 Å². The van der Waals surface area contributed by atoms with Gasteiger partial charge >= 0.3 is 5.97 Å². The maximum absolute atomic E-state index is 11.0. The van der Waals surface area contributed by atoms with E-state index in [1.807, 2.05) is 48.7 Å². The minimum absolute atomic E-state index is 0.250. The van der Waals surface area contributed by atoms with Crippen LogP contribution in [0.4, 0.5) is 0 Å². The first-order valence-corrected chi connectivity index (χ1v) is 7.16. The second kappa shape index (κ2) is 5.85. The highest BCUT2D eigenvalue weighted by atomic mass is 32.2. The number of nitrogens with zero attached hydrogens (tertiary/aromatic N) is 2. The SMILES string of the molecule is O=C(O)c1cccc(-n2ccc(Sc3ccccc3)n2)c1.